The van der Waals surface area contributed by atoms with Crippen LogP contribution in [0, 0.1) is 0 Å². The van der Waals surface area contributed by atoms with Crippen LogP contribution in [0.2, 0.25) is 0 Å². The molecule has 0 aliphatic heterocycles. The Labute approximate surface area is 107 Å². The van der Waals surface area contributed by atoms with E-state index in [0.717, 1.165) is 5.82 Å². The third-order valence-corrected chi connectivity index (χ3v) is 3.21. The lowest BCUT2D eigenvalue weighted by atomic mass is 9.95. The van der Waals surface area contributed by atoms with Crippen LogP contribution >= 0.6 is 0 Å². The first-order chi connectivity index (χ1) is 8.78. The Morgan fingerprint density at radius 2 is 1.89 bits per heavy atom. The summed E-state index contributed by atoms with van der Waals surface area (Å²) in [7, 11) is 0. The third-order valence-electron chi connectivity index (χ3n) is 3.21. The monoisotopic (exact) mass is 248 g/mol. The van der Waals surface area contributed by atoms with Gasteiger partial charge in [-0.2, -0.15) is 0 Å². The summed E-state index contributed by atoms with van der Waals surface area (Å²) in [5.74, 6) is 1.25. The zero-order chi connectivity index (χ0) is 12.8. The molecule has 18 heavy (non-hydrogen) atoms. The molecule has 1 aromatic heterocycles. The van der Waals surface area contributed by atoms with Crippen molar-refractivity contribution in [2.45, 2.75) is 51.5 Å². The van der Waals surface area contributed by atoms with Crippen LogP contribution in [0.15, 0.2) is 12.1 Å². The molecule has 98 valence electrons. The molecule has 0 radical (unpaired) electrons. The van der Waals surface area contributed by atoms with E-state index >= 15 is 0 Å². The molecular formula is C13H20N4O. The van der Waals surface area contributed by atoms with Crippen molar-refractivity contribution >= 4 is 17.5 Å². The molecule has 0 bridgehead atoms. The van der Waals surface area contributed by atoms with Gasteiger partial charge in [0.25, 0.3) is 0 Å². The Hall–Kier alpha value is -1.65. The summed E-state index contributed by atoms with van der Waals surface area (Å²) in [6.45, 7) is 1.81. The molecule has 2 N–H and O–H groups in total. The van der Waals surface area contributed by atoms with Gasteiger partial charge in [-0.25, -0.2) is 0 Å². The predicted molar refractivity (Wildman–Crippen MR) is 71.4 cm³/mol. The van der Waals surface area contributed by atoms with Crippen LogP contribution in [0.4, 0.5) is 11.6 Å². The lowest BCUT2D eigenvalue weighted by molar-refractivity contribution is -0.115. The van der Waals surface area contributed by atoms with Crippen molar-refractivity contribution < 1.29 is 4.79 Å². The van der Waals surface area contributed by atoms with Crippen molar-refractivity contribution in [1.82, 2.24) is 10.2 Å². The highest BCUT2D eigenvalue weighted by molar-refractivity contribution is 5.89. The molecule has 1 heterocycles. The van der Waals surface area contributed by atoms with E-state index in [4.69, 9.17) is 0 Å². The van der Waals surface area contributed by atoms with Crippen LogP contribution in [0.5, 0.6) is 0 Å². The molecule has 1 saturated carbocycles. The first-order valence-corrected chi connectivity index (χ1v) is 6.68. The second-order valence-corrected chi connectivity index (χ2v) is 4.68. The fourth-order valence-electron chi connectivity index (χ4n) is 2.16. The van der Waals surface area contributed by atoms with Gasteiger partial charge < -0.3 is 10.6 Å². The molecular weight excluding hydrogens is 228 g/mol. The number of rotatable bonds is 4. The highest BCUT2D eigenvalue weighted by Crippen LogP contribution is 2.20. The van der Waals surface area contributed by atoms with Crippen LogP contribution in [0.1, 0.15) is 45.4 Å². The van der Waals surface area contributed by atoms with Crippen LogP contribution in [-0.2, 0) is 4.79 Å². The predicted octanol–water partition coefficient (Wildman–Crippen LogP) is 2.57. The van der Waals surface area contributed by atoms with Gasteiger partial charge in [0.1, 0.15) is 5.82 Å². The average Bonchev–Trinajstić information content (AvgIpc) is 2.42. The van der Waals surface area contributed by atoms with E-state index in [9.17, 15) is 4.79 Å². The molecule has 1 fully saturated rings. The molecule has 0 aromatic carbocycles. The van der Waals surface area contributed by atoms with Crippen molar-refractivity contribution in [1.29, 1.82) is 0 Å². The molecule has 1 amide bonds. The molecule has 0 unspecified atom stereocenters. The van der Waals surface area contributed by atoms with Crippen LogP contribution in [-0.4, -0.2) is 22.1 Å². The number of carbonyl (C=O) groups is 1. The maximum Gasteiger partial charge on any atom is 0.225 e. The van der Waals surface area contributed by atoms with E-state index in [1.54, 1.807) is 6.07 Å². The minimum atomic E-state index is -0.0442. The van der Waals surface area contributed by atoms with Crippen molar-refractivity contribution in [3.63, 3.8) is 0 Å². The lowest BCUT2D eigenvalue weighted by Gasteiger charge is -2.22. The van der Waals surface area contributed by atoms with Gasteiger partial charge >= 0.3 is 0 Å². The van der Waals surface area contributed by atoms with E-state index in [1.165, 1.54) is 32.1 Å². The van der Waals surface area contributed by atoms with Gasteiger partial charge in [-0.3, -0.25) is 4.79 Å². The smallest absolute Gasteiger partial charge is 0.225 e. The lowest BCUT2D eigenvalue weighted by Crippen LogP contribution is -2.23. The second-order valence-electron chi connectivity index (χ2n) is 4.68. The first-order valence-electron chi connectivity index (χ1n) is 6.68. The van der Waals surface area contributed by atoms with E-state index in [0.29, 0.717) is 18.3 Å². The SMILES string of the molecule is CCC(=O)Nc1ccc(NC2CCCCC2)nn1. The molecule has 1 aromatic rings. The highest BCUT2D eigenvalue weighted by Gasteiger charge is 2.13. The fraction of sp³-hybridized carbons (Fsp3) is 0.615. The van der Waals surface area contributed by atoms with E-state index in [1.807, 2.05) is 13.0 Å². The summed E-state index contributed by atoms with van der Waals surface area (Å²) in [6, 6.07) is 4.17. The van der Waals surface area contributed by atoms with Crippen molar-refractivity contribution in [2.24, 2.45) is 0 Å². The Morgan fingerprint density at radius 3 is 2.50 bits per heavy atom. The largest absolute Gasteiger partial charge is 0.366 e. The molecule has 5 nitrogen and oxygen atoms in total. The van der Waals surface area contributed by atoms with E-state index in [2.05, 4.69) is 20.8 Å². The zero-order valence-electron chi connectivity index (χ0n) is 10.8. The number of nitrogens with zero attached hydrogens (tertiary/aromatic N) is 2. The normalized spacial score (nSPS) is 16.3. The number of hydrogen-bond acceptors (Lipinski definition) is 4. The molecule has 0 saturated heterocycles. The van der Waals surface area contributed by atoms with E-state index in [-0.39, 0.29) is 5.91 Å². The summed E-state index contributed by atoms with van der Waals surface area (Å²) >= 11 is 0. The van der Waals surface area contributed by atoms with Gasteiger partial charge in [0.2, 0.25) is 5.91 Å². The first kappa shape index (κ1) is 12.8. The molecule has 1 aliphatic rings. The molecule has 5 heteroatoms. The quantitative estimate of drug-likeness (QED) is 0.859. The number of carbonyl (C=O) groups excluding carboxylic acids is 1. The number of nitrogens with one attached hydrogen (secondary N) is 2. The van der Waals surface area contributed by atoms with Crippen molar-refractivity contribution in [3.8, 4) is 0 Å². The van der Waals surface area contributed by atoms with Gasteiger partial charge in [0, 0.05) is 12.5 Å². The summed E-state index contributed by atoms with van der Waals surface area (Å²) < 4.78 is 0. The average molecular weight is 248 g/mol. The molecule has 0 atom stereocenters. The van der Waals surface area contributed by atoms with Crippen molar-refractivity contribution in [3.05, 3.63) is 12.1 Å². The fourth-order valence-corrected chi connectivity index (χ4v) is 2.16. The van der Waals surface area contributed by atoms with Gasteiger partial charge in [-0.05, 0) is 25.0 Å². The van der Waals surface area contributed by atoms with Crippen LogP contribution in [0.25, 0.3) is 0 Å². The molecule has 0 spiro atoms. The topological polar surface area (TPSA) is 66.9 Å². The minimum absolute atomic E-state index is 0.0442. The Balaban J connectivity index is 1.88. The molecule has 1 aliphatic carbocycles. The number of anilines is 2. The van der Waals surface area contributed by atoms with Gasteiger partial charge in [-0.1, -0.05) is 26.2 Å². The third kappa shape index (κ3) is 3.68. The summed E-state index contributed by atoms with van der Waals surface area (Å²) in [5.41, 5.74) is 0. The van der Waals surface area contributed by atoms with Crippen LogP contribution < -0.4 is 10.6 Å². The van der Waals surface area contributed by atoms with Gasteiger partial charge in [0.05, 0.1) is 0 Å². The van der Waals surface area contributed by atoms with Gasteiger partial charge in [0.15, 0.2) is 5.82 Å². The highest BCUT2D eigenvalue weighted by atomic mass is 16.1. The maximum absolute atomic E-state index is 11.2. The minimum Gasteiger partial charge on any atom is -0.366 e. The summed E-state index contributed by atoms with van der Waals surface area (Å²) in [4.78, 5) is 11.2. The van der Waals surface area contributed by atoms with Crippen LogP contribution in [0.3, 0.4) is 0 Å². The zero-order valence-corrected chi connectivity index (χ0v) is 10.8. The Kier molecular flexibility index (Phi) is 4.50. The number of amides is 1. The summed E-state index contributed by atoms with van der Waals surface area (Å²) in [5, 5.41) is 14.1. The number of aromatic nitrogens is 2. The van der Waals surface area contributed by atoms with Gasteiger partial charge in [-0.15, -0.1) is 10.2 Å². The van der Waals surface area contributed by atoms with E-state index < -0.39 is 0 Å². The maximum atomic E-state index is 11.2. The number of hydrogen-bond donors (Lipinski definition) is 2. The molecule has 2 rings (SSSR count). The van der Waals surface area contributed by atoms with Crippen molar-refractivity contribution in [2.75, 3.05) is 10.6 Å². The second kappa shape index (κ2) is 6.33. The standard InChI is InChI=1S/C13H20N4O/c1-2-13(18)15-12-9-8-11(16-17-12)14-10-6-4-3-5-7-10/h8-10H,2-7H2,1H3,(H,14,16)(H,15,17,18). The Bertz CT molecular complexity index is 384. The Morgan fingerprint density at radius 1 is 1.22 bits per heavy atom. The summed E-state index contributed by atoms with van der Waals surface area (Å²) in [6.07, 6.45) is 6.77.